The Bertz CT molecular complexity index is 1580. The van der Waals surface area contributed by atoms with Crippen LogP contribution in [0.2, 0.25) is 0 Å². The Labute approximate surface area is 226 Å². The Balaban J connectivity index is 1.41. The minimum absolute atomic E-state index is 0.0766. The molecule has 1 aliphatic rings. The zero-order valence-electron chi connectivity index (χ0n) is 21.2. The Morgan fingerprint density at radius 3 is 2.50 bits per heavy atom. The van der Waals surface area contributed by atoms with Gasteiger partial charge in [0.1, 0.15) is 11.5 Å². The molecule has 204 valence electrons. The topological polar surface area (TPSA) is 113 Å². The fourth-order valence-electron chi connectivity index (χ4n) is 4.11. The minimum atomic E-state index is -4.59. The Hall–Kier alpha value is -5.20. The lowest BCUT2D eigenvalue weighted by molar-refractivity contribution is -0.137. The quantitative estimate of drug-likeness (QED) is 0.328. The standard InChI is InChI=1S/C27H22F3N7O3/c1-36-22-17(13-32-25(35-22)34-19-9-4-3-5-10-19)15-37(26(36)39)21-12-20(14-31-24(21)40-2)33-23(38)16-7-6-8-18(11-16)27(28,29)30/h3-14H,15H2,1-2H3,(H,33,38)(H,32,34,35). The number of pyridine rings is 1. The van der Waals surface area contributed by atoms with Crippen LogP contribution in [0.15, 0.2) is 73.1 Å². The van der Waals surface area contributed by atoms with Gasteiger partial charge in [0, 0.05) is 30.1 Å². The first-order valence-corrected chi connectivity index (χ1v) is 11.9. The van der Waals surface area contributed by atoms with Crippen LogP contribution in [-0.4, -0.2) is 41.0 Å². The van der Waals surface area contributed by atoms with Gasteiger partial charge in [0.2, 0.25) is 11.8 Å². The highest BCUT2D eigenvalue weighted by molar-refractivity contribution is 6.07. The van der Waals surface area contributed by atoms with Crippen molar-refractivity contribution in [1.82, 2.24) is 15.0 Å². The maximum Gasteiger partial charge on any atom is 0.416 e. The summed E-state index contributed by atoms with van der Waals surface area (Å²) in [4.78, 5) is 41.9. The zero-order valence-corrected chi connectivity index (χ0v) is 21.2. The van der Waals surface area contributed by atoms with Crippen LogP contribution in [0.1, 0.15) is 21.5 Å². The smallest absolute Gasteiger partial charge is 0.416 e. The molecule has 0 bridgehead atoms. The number of rotatable bonds is 6. The largest absolute Gasteiger partial charge is 0.480 e. The zero-order chi connectivity index (χ0) is 28.4. The summed E-state index contributed by atoms with van der Waals surface area (Å²) in [5, 5.41) is 5.63. The Kier molecular flexibility index (Phi) is 6.94. The summed E-state index contributed by atoms with van der Waals surface area (Å²) >= 11 is 0. The number of alkyl halides is 3. The molecule has 4 aromatic rings. The lowest BCUT2D eigenvalue weighted by atomic mass is 10.1. The number of methoxy groups -OCH3 is 1. The average molecular weight is 550 g/mol. The monoisotopic (exact) mass is 549 g/mol. The number of hydrogen-bond acceptors (Lipinski definition) is 7. The summed E-state index contributed by atoms with van der Waals surface area (Å²) in [5.41, 5.74) is 0.678. The highest BCUT2D eigenvalue weighted by Crippen LogP contribution is 2.36. The first kappa shape index (κ1) is 26.4. The van der Waals surface area contributed by atoms with Crippen LogP contribution in [0.5, 0.6) is 5.88 Å². The van der Waals surface area contributed by atoms with Crippen LogP contribution in [0, 0.1) is 0 Å². The third kappa shape index (κ3) is 5.34. The summed E-state index contributed by atoms with van der Waals surface area (Å²) in [5.74, 6) is 0.0565. The van der Waals surface area contributed by atoms with Gasteiger partial charge in [-0.25, -0.2) is 14.8 Å². The van der Waals surface area contributed by atoms with Gasteiger partial charge in [-0.05, 0) is 36.4 Å². The van der Waals surface area contributed by atoms with Crippen molar-refractivity contribution in [1.29, 1.82) is 0 Å². The van der Waals surface area contributed by atoms with Crippen molar-refractivity contribution in [3.63, 3.8) is 0 Å². The first-order chi connectivity index (χ1) is 19.1. The van der Waals surface area contributed by atoms with Crippen molar-refractivity contribution in [2.45, 2.75) is 12.7 Å². The highest BCUT2D eigenvalue weighted by Gasteiger charge is 2.33. The van der Waals surface area contributed by atoms with Crippen molar-refractivity contribution < 1.29 is 27.5 Å². The predicted octanol–water partition coefficient (Wildman–Crippen LogP) is 5.47. The SMILES string of the molecule is COc1ncc(NC(=O)c2cccc(C(F)(F)F)c2)cc1N1Cc2cnc(Nc3ccccc3)nc2N(C)C1=O. The predicted molar refractivity (Wildman–Crippen MR) is 142 cm³/mol. The second-order valence-electron chi connectivity index (χ2n) is 8.75. The van der Waals surface area contributed by atoms with E-state index in [4.69, 9.17) is 4.74 Å². The molecule has 0 fully saturated rings. The van der Waals surface area contributed by atoms with Crippen LogP contribution >= 0.6 is 0 Å². The van der Waals surface area contributed by atoms with E-state index in [9.17, 15) is 22.8 Å². The lowest BCUT2D eigenvalue weighted by Gasteiger charge is -2.34. The molecule has 0 atom stereocenters. The van der Waals surface area contributed by atoms with Gasteiger partial charge in [0.15, 0.2) is 0 Å². The molecule has 40 heavy (non-hydrogen) atoms. The van der Waals surface area contributed by atoms with Crippen LogP contribution in [0.25, 0.3) is 0 Å². The molecule has 0 radical (unpaired) electrons. The maximum absolute atomic E-state index is 13.4. The molecular formula is C27H22F3N7O3. The molecule has 0 saturated carbocycles. The fraction of sp³-hybridized carbons (Fsp3) is 0.148. The number of amides is 3. The highest BCUT2D eigenvalue weighted by atomic mass is 19.4. The molecule has 0 spiro atoms. The molecule has 0 unspecified atom stereocenters. The number of anilines is 5. The second kappa shape index (κ2) is 10.5. The van der Waals surface area contributed by atoms with Gasteiger partial charge in [-0.15, -0.1) is 0 Å². The molecule has 5 rings (SSSR count). The number of nitrogens with zero attached hydrogens (tertiary/aromatic N) is 5. The van der Waals surface area contributed by atoms with Crippen molar-refractivity contribution in [3.05, 3.63) is 89.7 Å². The number of para-hydroxylation sites is 1. The van der Waals surface area contributed by atoms with Crippen molar-refractivity contribution in [2.75, 3.05) is 34.6 Å². The summed E-state index contributed by atoms with van der Waals surface area (Å²) in [7, 11) is 2.94. The molecule has 3 heterocycles. The van der Waals surface area contributed by atoms with Gasteiger partial charge in [0.05, 0.1) is 31.1 Å². The van der Waals surface area contributed by atoms with Crippen molar-refractivity contribution in [3.8, 4) is 5.88 Å². The van der Waals surface area contributed by atoms with Crippen LogP contribution in [0.3, 0.4) is 0 Å². The Morgan fingerprint density at radius 2 is 1.77 bits per heavy atom. The van der Waals surface area contributed by atoms with E-state index in [1.165, 1.54) is 35.2 Å². The van der Waals surface area contributed by atoms with Crippen LogP contribution in [-0.2, 0) is 12.7 Å². The van der Waals surface area contributed by atoms with E-state index in [0.717, 1.165) is 23.9 Å². The number of urea groups is 1. The summed E-state index contributed by atoms with van der Waals surface area (Å²) in [6, 6.07) is 14.4. The molecule has 2 aromatic carbocycles. The molecule has 2 aromatic heterocycles. The number of halogens is 3. The van der Waals surface area contributed by atoms with Gasteiger partial charge in [0.25, 0.3) is 5.91 Å². The molecule has 2 N–H and O–H groups in total. The number of carbonyl (C=O) groups excluding carboxylic acids is 2. The second-order valence-corrected chi connectivity index (χ2v) is 8.75. The summed E-state index contributed by atoms with van der Waals surface area (Å²) in [6.45, 7) is 0.0766. The number of benzene rings is 2. The van der Waals surface area contributed by atoms with Gasteiger partial charge < -0.3 is 15.4 Å². The van der Waals surface area contributed by atoms with Gasteiger partial charge in [-0.1, -0.05) is 24.3 Å². The number of hydrogen-bond donors (Lipinski definition) is 2. The number of nitrogens with one attached hydrogen (secondary N) is 2. The molecule has 10 nitrogen and oxygen atoms in total. The van der Waals surface area contributed by atoms with Gasteiger partial charge >= 0.3 is 12.2 Å². The van der Waals surface area contributed by atoms with E-state index < -0.39 is 23.7 Å². The molecule has 0 saturated heterocycles. The number of ether oxygens (including phenoxy) is 1. The van der Waals surface area contributed by atoms with Gasteiger partial charge in [-0.2, -0.15) is 18.2 Å². The number of fused-ring (bicyclic) bond motifs is 1. The van der Waals surface area contributed by atoms with E-state index >= 15 is 0 Å². The summed E-state index contributed by atoms with van der Waals surface area (Å²) in [6.07, 6.45) is -1.71. The van der Waals surface area contributed by atoms with Crippen LogP contribution in [0.4, 0.5) is 46.8 Å². The third-order valence-corrected chi connectivity index (χ3v) is 6.06. The first-order valence-electron chi connectivity index (χ1n) is 11.9. The minimum Gasteiger partial charge on any atom is -0.480 e. The number of aromatic nitrogens is 3. The van der Waals surface area contributed by atoms with Crippen LogP contribution < -0.4 is 25.2 Å². The molecule has 3 amide bonds. The number of carbonyl (C=O) groups is 2. The van der Waals surface area contributed by atoms with E-state index in [2.05, 4.69) is 25.6 Å². The molecule has 13 heteroatoms. The molecule has 1 aliphatic heterocycles. The molecular weight excluding hydrogens is 527 g/mol. The molecule has 0 aliphatic carbocycles. The van der Waals surface area contributed by atoms with E-state index in [1.807, 2.05) is 30.3 Å². The summed E-state index contributed by atoms with van der Waals surface area (Å²) < 4.78 is 44.6. The van der Waals surface area contributed by atoms with Crippen molar-refractivity contribution in [2.24, 2.45) is 0 Å². The Morgan fingerprint density at radius 1 is 1.00 bits per heavy atom. The van der Waals surface area contributed by atoms with E-state index in [-0.39, 0.29) is 29.4 Å². The van der Waals surface area contributed by atoms with Crippen molar-refractivity contribution >= 4 is 40.8 Å². The third-order valence-electron chi connectivity index (χ3n) is 6.06. The normalized spacial score (nSPS) is 13.1. The lowest BCUT2D eigenvalue weighted by Crippen LogP contribution is -2.46. The van der Waals surface area contributed by atoms with E-state index in [0.29, 0.717) is 17.3 Å². The van der Waals surface area contributed by atoms with Gasteiger partial charge in [-0.3, -0.25) is 14.6 Å². The maximum atomic E-state index is 13.4. The average Bonchev–Trinajstić information content (AvgIpc) is 2.95. The van der Waals surface area contributed by atoms with E-state index in [1.54, 1.807) is 13.2 Å². The fourth-order valence-corrected chi connectivity index (χ4v) is 4.11.